The van der Waals surface area contributed by atoms with Crippen molar-refractivity contribution in [3.05, 3.63) is 17.7 Å². The summed E-state index contributed by atoms with van der Waals surface area (Å²) in [5, 5.41) is 8.29. The number of esters is 1. The van der Waals surface area contributed by atoms with Gasteiger partial charge in [0.1, 0.15) is 16.6 Å². The molecule has 146 valence electrons. The average molecular weight is 375 g/mol. The number of rotatable bonds is 2. The van der Waals surface area contributed by atoms with Crippen LogP contribution in [0.2, 0.25) is 0 Å². The van der Waals surface area contributed by atoms with Crippen molar-refractivity contribution in [2.45, 2.75) is 26.4 Å². The van der Waals surface area contributed by atoms with Crippen LogP contribution < -0.4 is 4.90 Å². The number of benzene rings is 1. The first-order chi connectivity index (χ1) is 12.7. The molecule has 3 rings (SSSR count). The highest BCUT2D eigenvalue weighted by atomic mass is 16.6. The molecule has 2 heterocycles. The first-order valence-electron chi connectivity index (χ1n) is 8.85. The van der Waals surface area contributed by atoms with Gasteiger partial charge in [-0.2, -0.15) is 0 Å². The summed E-state index contributed by atoms with van der Waals surface area (Å²) in [5.41, 5.74) is 2.08. The summed E-state index contributed by atoms with van der Waals surface area (Å²) in [6.45, 7) is 7.95. The Bertz CT molecular complexity index is 862. The van der Waals surface area contributed by atoms with E-state index >= 15 is 0 Å². The van der Waals surface area contributed by atoms with Crippen molar-refractivity contribution < 1.29 is 19.1 Å². The highest BCUT2D eigenvalue weighted by Gasteiger charge is 2.28. The van der Waals surface area contributed by atoms with Crippen molar-refractivity contribution in [1.82, 2.24) is 19.9 Å². The maximum absolute atomic E-state index is 12.2. The van der Waals surface area contributed by atoms with Crippen LogP contribution in [0.1, 0.15) is 31.1 Å². The van der Waals surface area contributed by atoms with Crippen molar-refractivity contribution in [3.63, 3.8) is 0 Å². The number of nitrogens with zero attached hydrogens (tertiary/aromatic N) is 5. The second-order valence-electron chi connectivity index (χ2n) is 7.49. The fraction of sp³-hybridized carbons (Fsp3) is 0.556. The van der Waals surface area contributed by atoms with E-state index in [1.807, 2.05) is 26.8 Å². The second kappa shape index (κ2) is 7.05. The number of aromatic nitrogens is 3. The minimum atomic E-state index is -0.510. The Kier molecular flexibility index (Phi) is 4.95. The minimum Gasteiger partial charge on any atom is -0.465 e. The summed E-state index contributed by atoms with van der Waals surface area (Å²) in [6.07, 6.45) is -0.298. The molecule has 0 aliphatic carbocycles. The van der Waals surface area contributed by atoms with Crippen LogP contribution >= 0.6 is 0 Å². The molecule has 0 unspecified atom stereocenters. The minimum absolute atomic E-state index is 0.298. The number of ether oxygens (including phenoxy) is 2. The first-order valence-corrected chi connectivity index (χ1v) is 8.85. The van der Waals surface area contributed by atoms with Gasteiger partial charge in [0.15, 0.2) is 0 Å². The van der Waals surface area contributed by atoms with Crippen molar-refractivity contribution >= 4 is 28.8 Å². The monoisotopic (exact) mass is 375 g/mol. The standard InChI is InChI=1S/C18H25N5O4/c1-18(2,3)27-17(25)23-10-8-22(9-11-23)13-7-6-12(16(24)26-5)15-14(13)19-20-21(15)4/h6-7H,8-11H2,1-5H3. The summed E-state index contributed by atoms with van der Waals surface area (Å²) >= 11 is 0. The summed E-state index contributed by atoms with van der Waals surface area (Å²) in [4.78, 5) is 28.1. The molecule has 0 spiro atoms. The Morgan fingerprint density at radius 2 is 1.78 bits per heavy atom. The molecule has 27 heavy (non-hydrogen) atoms. The van der Waals surface area contributed by atoms with Gasteiger partial charge in [0, 0.05) is 33.2 Å². The number of hydrogen-bond acceptors (Lipinski definition) is 7. The zero-order chi connectivity index (χ0) is 19.8. The van der Waals surface area contributed by atoms with Gasteiger partial charge in [-0.15, -0.1) is 5.10 Å². The highest BCUT2D eigenvalue weighted by molar-refractivity contribution is 6.05. The first kappa shape index (κ1) is 18.9. The van der Waals surface area contributed by atoms with Crippen molar-refractivity contribution in [1.29, 1.82) is 0 Å². The number of methoxy groups -OCH3 is 1. The number of carbonyl (C=O) groups excluding carboxylic acids is 2. The molecule has 1 saturated heterocycles. The SMILES string of the molecule is COC(=O)c1ccc(N2CCN(C(=O)OC(C)(C)C)CC2)c2nnn(C)c12. The van der Waals surface area contributed by atoms with E-state index in [0.717, 1.165) is 5.69 Å². The lowest BCUT2D eigenvalue weighted by atomic mass is 10.1. The molecule has 1 fully saturated rings. The van der Waals surface area contributed by atoms with E-state index < -0.39 is 11.6 Å². The van der Waals surface area contributed by atoms with Gasteiger partial charge in [0.25, 0.3) is 0 Å². The molecule has 9 nitrogen and oxygen atoms in total. The molecular weight excluding hydrogens is 350 g/mol. The molecule has 1 aliphatic rings. The maximum Gasteiger partial charge on any atom is 0.410 e. The third-order valence-corrected chi connectivity index (χ3v) is 4.41. The van der Waals surface area contributed by atoms with E-state index in [0.29, 0.717) is 42.8 Å². The second-order valence-corrected chi connectivity index (χ2v) is 7.49. The molecule has 9 heteroatoms. The van der Waals surface area contributed by atoms with E-state index in [2.05, 4.69) is 15.2 Å². The quantitative estimate of drug-likeness (QED) is 0.740. The largest absolute Gasteiger partial charge is 0.465 e. The van der Waals surface area contributed by atoms with Gasteiger partial charge < -0.3 is 19.3 Å². The molecule has 0 bridgehead atoms. The topological polar surface area (TPSA) is 89.8 Å². The zero-order valence-corrected chi connectivity index (χ0v) is 16.4. The van der Waals surface area contributed by atoms with Crippen LogP contribution in [0.25, 0.3) is 11.0 Å². The molecule has 2 aromatic rings. The van der Waals surface area contributed by atoms with Gasteiger partial charge in [-0.1, -0.05) is 5.21 Å². The Labute approximate surface area is 157 Å². The Hall–Kier alpha value is -2.84. The summed E-state index contributed by atoms with van der Waals surface area (Å²) in [7, 11) is 3.09. The Morgan fingerprint density at radius 3 is 2.37 bits per heavy atom. The van der Waals surface area contributed by atoms with Crippen LogP contribution in [0.4, 0.5) is 10.5 Å². The summed E-state index contributed by atoms with van der Waals surface area (Å²) < 4.78 is 11.9. The molecule has 0 N–H and O–H groups in total. The van der Waals surface area contributed by atoms with Crippen molar-refractivity contribution in [2.75, 3.05) is 38.2 Å². The van der Waals surface area contributed by atoms with Gasteiger partial charge in [0.05, 0.1) is 18.4 Å². The smallest absolute Gasteiger partial charge is 0.410 e. The van der Waals surface area contributed by atoms with Crippen LogP contribution in [0.5, 0.6) is 0 Å². The van der Waals surface area contributed by atoms with Crippen LogP contribution in [0.3, 0.4) is 0 Å². The van der Waals surface area contributed by atoms with Crippen LogP contribution in [-0.2, 0) is 16.5 Å². The van der Waals surface area contributed by atoms with Crippen LogP contribution in [-0.4, -0.2) is 70.8 Å². The molecule has 0 saturated carbocycles. The number of fused-ring (bicyclic) bond motifs is 1. The third kappa shape index (κ3) is 3.81. The molecule has 1 aromatic heterocycles. The van der Waals surface area contributed by atoms with E-state index in [-0.39, 0.29) is 6.09 Å². The molecule has 1 amide bonds. The van der Waals surface area contributed by atoms with Crippen molar-refractivity contribution in [2.24, 2.45) is 7.05 Å². The van der Waals surface area contributed by atoms with Gasteiger partial charge in [-0.3, -0.25) is 0 Å². The number of piperazine rings is 1. The van der Waals surface area contributed by atoms with E-state index in [1.165, 1.54) is 7.11 Å². The number of aryl methyl sites for hydroxylation is 1. The Balaban J connectivity index is 1.80. The molecular formula is C18H25N5O4. The predicted molar refractivity (Wildman–Crippen MR) is 99.9 cm³/mol. The van der Waals surface area contributed by atoms with Gasteiger partial charge in [-0.05, 0) is 32.9 Å². The number of hydrogen-bond donors (Lipinski definition) is 0. The normalized spacial score (nSPS) is 15.1. The summed E-state index contributed by atoms with van der Waals surface area (Å²) in [5.74, 6) is -0.424. The fourth-order valence-corrected chi connectivity index (χ4v) is 3.14. The number of anilines is 1. The predicted octanol–water partition coefficient (Wildman–Crippen LogP) is 1.81. The van der Waals surface area contributed by atoms with Crippen molar-refractivity contribution in [3.8, 4) is 0 Å². The van der Waals surface area contributed by atoms with Gasteiger partial charge in [0.2, 0.25) is 0 Å². The lowest BCUT2D eigenvalue weighted by Gasteiger charge is -2.36. The van der Waals surface area contributed by atoms with E-state index in [1.54, 1.807) is 22.7 Å². The summed E-state index contributed by atoms with van der Waals surface area (Å²) in [6, 6.07) is 3.58. The molecule has 0 atom stereocenters. The molecule has 1 aliphatic heterocycles. The highest BCUT2D eigenvalue weighted by Crippen LogP contribution is 2.29. The van der Waals surface area contributed by atoms with E-state index in [4.69, 9.17) is 9.47 Å². The lowest BCUT2D eigenvalue weighted by molar-refractivity contribution is 0.0240. The fourth-order valence-electron chi connectivity index (χ4n) is 3.14. The van der Waals surface area contributed by atoms with Crippen LogP contribution in [0.15, 0.2) is 12.1 Å². The zero-order valence-electron chi connectivity index (χ0n) is 16.4. The number of carbonyl (C=O) groups is 2. The van der Waals surface area contributed by atoms with Gasteiger partial charge in [-0.25, -0.2) is 14.3 Å². The maximum atomic E-state index is 12.2. The third-order valence-electron chi connectivity index (χ3n) is 4.41. The molecule has 1 aromatic carbocycles. The average Bonchev–Trinajstić information content (AvgIpc) is 3.01. The Morgan fingerprint density at radius 1 is 1.11 bits per heavy atom. The molecule has 0 radical (unpaired) electrons. The van der Waals surface area contributed by atoms with Gasteiger partial charge >= 0.3 is 12.1 Å². The van der Waals surface area contributed by atoms with E-state index in [9.17, 15) is 9.59 Å². The van der Waals surface area contributed by atoms with Crippen LogP contribution in [0, 0.1) is 0 Å². The number of amides is 1. The lowest BCUT2D eigenvalue weighted by Crippen LogP contribution is -2.50.